The second-order valence-corrected chi connectivity index (χ2v) is 7.00. The highest BCUT2D eigenvalue weighted by molar-refractivity contribution is 9.10. The number of benzene rings is 1. The Bertz CT molecular complexity index is 938. The predicted molar refractivity (Wildman–Crippen MR) is 100 cm³/mol. The SMILES string of the molecule is Cc1ccc(NC(=O)C2CN(c3cc(-n4cncn4)ncn3)C2)c(Br)c1. The molecule has 1 saturated heterocycles. The molecule has 0 atom stereocenters. The molecule has 132 valence electrons. The van der Waals surface area contributed by atoms with E-state index in [0.29, 0.717) is 18.9 Å². The van der Waals surface area contributed by atoms with Crippen molar-refractivity contribution < 1.29 is 4.79 Å². The standard InChI is InChI=1S/C17H16BrN7O/c1-11-2-3-14(13(18)4-11)23-17(26)12-6-24(7-12)15-5-16(21-9-20-15)25-10-19-8-22-25/h2-5,8-10,12H,6-7H2,1H3,(H,23,26). The molecule has 0 unspecified atom stereocenters. The summed E-state index contributed by atoms with van der Waals surface area (Å²) < 4.78 is 2.46. The molecule has 9 heteroatoms. The maximum atomic E-state index is 12.4. The molecule has 2 aromatic heterocycles. The maximum Gasteiger partial charge on any atom is 0.231 e. The molecule has 1 amide bonds. The second-order valence-electron chi connectivity index (χ2n) is 6.15. The fraction of sp³-hybridized carbons (Fsp3) is 0.235. The summed E-state index contributed by atoms with van der Waals surface area (Å²) in [7, 11) is 0. The van der Waals surface area contributed by atoms with Crippen LogP contribution in [0.25, 0.3) is 5.82 Å². The summed E-state index contributed by atoms with van der Waals surface area (Å²) in [6, 6.07) is 7.69. The Morgan fingerprint density at radius 2 is 2.00 bits per heavy atom. The van der Waals surface area contributed by atoms with Crippen molar-refractivity contribution in [1.82, 2.24) is 24.7 Å². The van der Waals surface area contributed by atoms with Crippen LogP contribution in [-0.2, 0) is 4.79 Å². The Morgan fingerprint density at radius 3 is 2.73 bits per heavy atom. The first-order valence-electron chi connectivity index (χ1n) is 8.09. The summed E-state index contributed by atoms with van der Waals surface area (Å²) in [6.07, 6.45) is 4.52. The number of carbonyl (C=O) groups is 1. The Hall–Kier alpha value is -2.81. The van der Waals surface area contributed by atoms with E-state index in [0.717, 1.165) is 21.5 Å². The second kappa shape index (κ2) is 6.83. The zero-order valence-corrected chi connectivity index (χ0v) is 15.6. The van der Waals surface area contributed by atoms with Crippen LogP contribution in [-0.4, -0.2) is 43.7 Å². The molecule has 0 spiro atoms. The summed E-state index contributed by atoms with van der Waals surface area (Å²) >= 11 is 3.48. The van der Waals surface area contributed by atoms with E-state index in [4.69, 9.17) is 0 Å². The van der Waals surface area contributed by atoms with Gasteiger partial charge in [0.25, 0.3) is 0 Å². The lowest BCUT2D eigenvalue weighted by Crippen LogP contribution is -2.52. The van der Waals surface area contributed by atoms with Gasteiger partial charge in [-0.05, 0) is 40.5 Å². The van der Waals surface area contributed by atoms with Crippen LogP contribution >= 0.6 is 15.9 Å². The summed E-state index contributed by atoms with van der Waals surface area (Å²) in [4.78, 5) is 26.9. The number of amides is 1. The lowest BCUT2D eigenvalue weighted by atomic mass is 9.99. The molecule has 1 N–H and O–H groups in total. The van der Waals surface area contributed by atoms with Crippen molar-refractivity contribution in [2.24, 2.45) is 5.92 Å². The molecule has 3 heterocycles. The van der Waals surface area contributed by atoms with E-state index >= 15 is 0 Å². The Balaban J connectivity index is 1.39. The summed E-state index contributed by atoms with van der Waals surface area (Å²) in [5.41, 5.74) is 1.92. The van der Waals surface area contributed by atoms with Crippen molar-refractivity contribution in [3.63, 3.8) is 0 Å². The zero-order chi connectivity index (χ0) is 18.1. The number of aryl methyl sites for hydroxylation is 1. The van der Waals surface area contributed by atoms with E-state index in [1.807, 2.05) is 36.1 Å². The van der Waals surface area contributed by atoms with Crippen molar-refractivity contribution in [3.8, 4) is 5.82 Å². The van der Waals surface area contributed by atoms with Crippen LogP contribution in [0, 0.1) is 12.8 Å². The van der Waals surface area contributed by atoms with Gasteiger partial charge in [-0.1, -0.05) is 6.07 Å². The third-order valence-electron chi connectivity index (χ3n) is 4.25. The molecule has 3 aromatic rings. The van der Waals surface area contributed by atoms with Gasteiger partial charge < -0.3 is 10.2 Å². The minimum absolute atomic E-state index is 0.0105. The predicted octanol–water partition coefficient (Wildman–Crippen LogP) is 2.20. The van der Waals surface area contributed by atoms with Crippen LogP contribution in [0.2, 0.25) is 0 Å². The highest BCUT2D eigenvalue weighted by atomic mass is 79.9. The van der Waals surface area contributed by atoms with E-state index in [2.05, 4.69) is 41.3 Å². The van der Waals surface area contributed by atoms with Crippen LogP contribution in [0.3, 0.4) is 0 Å². The molecule has 0 radical (unpaired) electrons. The number of aromatic nitrogens is 5. The first kappa shape index (κ1) is 16.6. The van der Waals surface area contributed by atoms with Gasteiger partial charge in [0.05, 0.1) is 11.6 Å². The maximum absolute atomic E-state index is 12.4. The molecule has 4 rings (SSSR count). The molecule has 1 aliphatic rings. The van der Waals surface area contributed by atoms with Crippen LogP contribution < -0.4 is 10.2 Å². The first-order chi connectivity index (χ1) is 12.6. The van der Waals surface area contributed by atoms with Crippen LogP contribution in [0.5, 0.6) is 0 Å². The molecule has 26 heavy (non-hydrogen) atoms. The highest BCUT2D eigenvalue weighted by Gasteiger charge is 2.34. The van der Waals surface area contributed by atoms with Crippen molar-refractivity contribution in [2.75, 3.05) is 23.3 Å². The average Bonchev–Trinajstić information content (AvgIpc) is 3.11. The molecule has 0 saturated carbocycles. The van der Waals surface area contributed by atoms with Gasteiger partial charge in [-0.15, -0.1) is 0 Å². The fourth-order valence-corrected chi connectivity index (χ4v) is 3.34. The number of hydrogen-bond acceptors (Lipinski definition) is 6. The van der Waals surface area contributed by atoms with Gasteiger partial charge in [-0.25, -0.2) is 19.6 Å². The van der Waals surface area contributed by atoms with Crippen LogP contribution in [0.1, 0.15) is 5.56 Å². The van der Waals surface area contributed by atoms with E-state index in [1.54, 1.807) is 11.0 Å². The molecular weight excluding hydrogens is 398 g/mol. The van der Waals surface area contributed by atoms with Gasteiger partial charge in [0.15, 0.2) is 5.82 Å². The smallest absolute Gasteiger partial charge is 0.231 e. The van der Waals surface area contributed by atoms with Gasteiger partial charge in [0.1, 0.15) is 24.8 Å². The number of halogens is 1. The topological polar surface area (TPSA) is 88.8 Å². The number of nitrogens with one attached hydrogen (secondary N) is 1. The quantitative estimate of drug-likeness (QED) is 0.704. The van der Waals surface area contributed by atoms with Gasteiger partial charge >= 0.3 is 0 Å². The van der Waals surface area contributed by atoms with Gasteiger partial charge in [-0.2, -0.15) is 5.10 Å². The zero-order valence-electron chi connectivity index (χ0n) is 14.0. The lowest BCUT2D eigenvalue weighted by Gasteiger charge is -2.39. The summed E-state index contributed by atoms with van der Waals surface area (Å²) in [5.74, 6) is 1.35. The molecule has 8 nitrogen and oxygen atoms in total. The number of hydrogen-bond donors (Lipinski definition) is 1. The number of anilines is 2. The van der Waals surface area contributed by atoms with Crippen molar-refractivity contribution in [3.05, 3.63) is 53.3 Å². The monoisotopic (exact) mass is 413 g/mol. The third kappa shape index (κ3) is 3.30. The Morgan fingerprint density at radius 1 is 1.19 bits per heavy atom. The van der Waals surface area contributed by atoms with Crippen molar-refractivity contribution >= 4 is 33.3 Å². The van der Waals surface area contributed by atoms with Crippen LogP contribution in [0.15, 0.2) is 47.7 Å². The summed E-state index contributed by atoms with van der Waals surface area (Å²) in [5, 5.41) is 7.04. The van der Waals surface area contributed by atoms with Gasteiger partial charge in [-0.3, -0.25) is 4.79 Å². The van der Waals surface area contributed by atoms with Gasteiger partial charge in [0, 0.05) is 23.6 Å². The third-order valence-corrected chi connectivity index (χ3v) is 4.91. The molecule has 1 aromatic carbocycles. The molecule has 1 fully saturated rings. The van der Waals surface area contributed by atoms with E-state index in [-0.39, 0.29) is 11.8 Å². The lowest BCUT2D eigenvalue weighted by molar-refractivity contribution is -0.120. The number of nitrogens with zero attached hydrogens (tertiary/aromatic N) is 6. The molecule has 1 aliphatic heterocycles. The van der Waals surface area contributed by atoms with Crippen molar-refractivity contribution in [2.45, 2.75) is 6.92 Å². The average molecular weight is 414 g/mol. The van der Waals surface area contributed by atoms with Gasteiger partial charge in [0.2, 0.25) is 5.91 Å². The minimum atomic E-state index is -0.0759. The summed E-state index contributed by atoms with van der Waals surface area (Å²) in [6.45, 7) is 3.24. The van der Waals surface area contributed by atoms with Crippen LogP contribution in [0.4, 0.5) is 11.5 Å². The van der Waals surface area contributed by atoms with E-state index in [1.165, 1.54) is 12.7 Å². The first-order valence-corrected chi connectivity index (χ1v) is 8.88. The van der Waals surface area contributed by atoms with Crippen molar-refractivity contribution in [1.29, 1.82) is 0 Å². The Kier molecular flexibility index (Phi) is 4.37. The highest BCUT2D eigenvalue weighted by Crippen LogP contribution is 2.27. The van der Waals surface area contributed by atoms with E-state index in [9.17, 15) is 4.79 Å². The van der Waals surface area contributed by atoms with E-state index < -0.39 is 0 Å². The number of carbonyl (C=O) groups excluding carboxylic acids is 1. The largest absolute Gasteiger partial charge is 0.355 e. The normalized spacial score (nSPS) is 14.2. The fourth-order valence-electron chi connectivity index (χ4n) is 2.75. The molecule has 0 aliphatic carbocycles. The Labute approximate surface area is 158 Å². The minimum Gasteiger partial charge on any atom is -0.355 e. The number of rotatable bonds is 4. The molecular formula is C17H16BrN7O. The molecule has 0 bridgehead atoms.